The molecule has 1 amide bonds. The molecule has 0 unspecified atom stereocenters. The maximum absolute atomic E-state index is 11.9. The molecule has 0 aliphatic heterocycles. The van der Waals surface area contributed by atoms with Gasteiger partial charge in [-0.3, -0.25) is 4.79 Å². The van der Waals surface area contributed by atoms with Crippen molar-refractivity contribution in [1.82, 2.24) is 20.3 Å². The topological polar surface area (TPSA) is 97.0 Å². The fraction of sp³-hybridized carbons (Fsp3) is 0.636. The van der Waals surface area contributed by atoms with Crippen LogP contribution in [0.15, 0.2) is 0 Å². The Bertz CT molecular complexity index is 511. The second kappa shape index (κ2) is 8.01. The number of aromatic nitrogens is 3. The molecule has 0 saturated carbocycles. The van der Waals surface area contributed by atoms with Crippen LogP contribution in [0.4, 0.5) is 25.1 Å². The highest BCUT2D eigenvalue weighted by molar-refractivity contribution is 7.98. The molecule has 7 nitrogen and oxygen atoms in total. The quantitative estimate of drug-likeness (QED) is 0.711. The number of carbonyl (C=O) groups excluding carboxylic acids is 1. The molecular formula is C11H17F3N6OS. The molecule has 124 valence electrons. The van der Waals surface area contributed by atoms with E-state index in [1.165, 1.54) is 11.8 Å². The first-order valence-corrected chi connectivity index (χ1v) is 7.46. The van der Waals surface area contributed by atoms with Gasteiger partial charge in [0.2, 0.25) is 11.9 Å². The van der Waals surface area contributed by atoms with E-state index in [4.69, 9.17) is 5.73 Å². The third-order valence-electron chi connectivity index (χ3n) is 2.33. The minimum absolute atomic E-state index is 0.0341. The molecule has 3 N–H and O–H groups in total. The van der Waals surface area contributed by atoms with Gasteiger partial charge in [0, 0.05) is 20.6 Å². The van der Waals surface area contributed by atoms with Gasteiger partial charge >= 0.3 is 12.1 Å². The van der Waals surface area contributed by atoms with Crippen LogP contribution in [-0.2, 0) is 10.5 Å². The first kappa shape index (κ1) is 18.3. The molecule has 11 heteroatoms. The predicted octanol–water partition coefficient (Wildman–Crippen LogP) is 0.822. The molecule has 0 aliphatic carbocycles. The second-order valence-electron chi connectivity index (χ2n) is 4.46. The Hall–Kier alpha value is -1.78. The number of hydrogen-bond donors (Lipinski definition) is 2. The van der Waals surface area contributed by atoms with E-state index in [2.05, 4.69) is 15.0 Å². The van der Waals surface area contributed by atoms with E-state index in [9.17, 15) is 18.0 Å². The van der Waals surface area contributed by atoms with Gasteiger partial charge in [-0.15, -0.1) is 0 Å². The molecule has 22 heavy (non-hydrogen) atoms. The number of alkyl halides is 3. The molecular weight excluding hydrogens is 321 g/mol. The van der Waals surface area contributed by atoms with Gasteiger partial charge in [-0.2, -0.15) is 39.9 Å². The first-order chi connectivity index (χ1) is 10.2. The van der Waals surface area contributed by atoms with Gasteiger partial charge in [0.15, 0.2) is 0 Å². The molecule has 1 heterocycles. The van der Waals surface area contributed by atoms with Crippen LogP contribution in [0.2, 0.25) is 0 Å². The molecule has 0 bridgehead atoms. The molecule has 0 radical (unpaired) electrons. The maximum atomic E-state index is 11.9. The summed E-state index contributed by atoms with van der Waals surface area (Å²) in [6.07, 6.45) is -4.42. The lowest BCUT2D eigenvalue weighted by molar-refractivity contribution is -0.173. The van der Waals surface area contributed by atoms with Crippen molar-refractivity contribution in [3.05, 3.63) is 5.82 Å². The summed E-state index contributed by atoms with van der Waals surface area (Å²) in [6, 6.07) is 0. The van der Waals surface area contributed by atoms with Crippen molar-refractivity contribution in [1.29, 1.82) is 0 Å². The van der Waals surface area contributed by atoms with Crippen molar-refractivity contribution in [2.24, 2.45) is 0 Å². The molecule has 0 atom stereocenters. The smallest absolute Gasteiger partial charge is 0.368 e. The Labute approximate surface area is 129 Å². The minimum Gasteiger partial charge on any atom is -0.368 e. The number of rotatable bonds is 7. The van der Waals surface area contributed by atoms with Crippen LogP contribution in [0.3, 0.4) is 0 Å². The summed E-state index contributed by atoms with van der Waals surface area (Å²) in [5, 5.41) is 1.81. The molecule has 0 saturated heterocycles. The number of nitrogens with two attached hydrogens (primary N) is 1. The molecule has 1 aromatic heterocycles. The molecule has 0 aliphatic rings. The van der Waals surface area contributed by atoms with E-state index in [0.29, 0.717) is 29.7 Å². The van der Waals surface area contributed by atoms with Gasteiger partial charge in [0.05, 0.1) is 5.75 Å². The number of amides is 1. The number of halogens is 3. The van der Waals surface area contributed by atoms with Gasteiger partial charge < -0.3 is 16.0 Å². The van der Waals surface area contributed by atoms with Crippen LogP contribution in [0.5, 0.6) is 0 Å². The van der Waals surface area contributed by atoms with Crippen LogP contribution in [-0.4, -0.2) is 53.4 Å². The van der Waals surface area contributed by atoms with Crippen molar-refractivity contribution in [2.75, 3.05) is 37.0 Å². The first-order valence-electron chi connectivity index (χ1n) is 6.30. The Morgan fingerprint density at radius 1 is 1.32 bits per heavy atom. The predicted molar refractivity (Wildman–Crippen MR) is 78.4 cm³/mol. The van der Waals surface area contributed by atoms with Crippen LogP contribution in [0.25, 0.3) is 0 Å². The van der Waals surface area contributed by atoms with E-state index in [1.54, 1.807) is 19.0 Å². The van der Waals surface area contributed by atoms with E-state index in [0.717, 1.165) is 0 Å². The molecule has 0 fully saturated rings. The van der Waals surface area contributed by atoms with Crippen molar-refractivity contribution in [3.63, 3.8) is 0 Å². The van der Waals surface area contributed by atoms with Gasteiger partial charge in [0.25, 0.3) is 0 Å². The molecule has 0 spiro atoms. The van der Waals surface area contributed by atoms with Gasteiger partial charge in [-0.25, -0.2) is 0 Å². The fourth-order valence-corrected chi connectivity index (χ4v) is 2.13. The number of nitrogens with one attached hydrogen (secondary N) is 1. The maximum Gasteiger partial charge on any atom is 0.471 e. The fourth-order valence-electron chi connectivity index (χ4n) is 1.33. The van der Waals surface area contributed by atoms with Gasteiger partial charge in [-0.05, 0) is 12.2 Å². The van der Waals surface area contributed by atoms with E-state index in [-0.39, 0.29) is 12.5 Å². The number of nitrogens with zero attached hydrogens (tertiary/aromatic N) is 4. The van der Waals surface area contributed by atoms with Crippen molar-refractivity contribution >= 4 is 29.6 Å². The average molecular weight is 338 g/mol. The van der Waals surface area contributed by atoms with E-state index >= 15 is 0 Å². The van der Waals surface area contributed by atoms with Gasteiger partial charge in [-0.1, -0.05) is 0 Å². The third-order valence-corrected chi connectivity index (χ3v) is 3.37. The Kier molecular flexibility index (Phi) is 6.65. The van der Waals surface area contributed by atoms with Crippen molar-refractivity contribution in [3.8, 4) is 0 Å². The largest absolute Gasteiger partial charge is 0.471 e. The number of hydrogen-bond acceptors (Lipinski definition) is 7. The van der Waals surface area contributed by atoms with Gasteiger partial charge in [0.1, 0.15) is 5.82 Å². The monoisotopic (exact) mass is 338 g/mol. The normalized spacial score (nSPS) is 11.3. The number of nitrogen functional groups attached to an aromatic ring is 1. The highest BCUT2D eigenvalue weighted by Gasteiger charge is 2.38. The summed E-state index contributed by atoms with van der Waals surface area (Å²) in [5.74, 6) is 0.160. The average Bonchev–Trinajstić information content (AvgIpc) is 2.40. The Morgan fingerprint density at radius 3 is 2.59 bits per heavy atom. The number of thioether (sulfide) groups is 1. The van der Waals surface area contributed by atoms with Crippen LogP contribution >= 0.6 is 11.8 Å². The summed E-state index contributed by atoms with van der Waals surface area (Å²) in [6.45, 7) is -0.0341. The Morgan fingerprint density at radius 2 is 2.00 bits per heavy atom. The van der Waals surface area contributed by atoms with E-state index in [1.807, 2.05) is 5.32 Å². The minimum atomic E-state index is -4.84. The van der Waals surface area contributed by atoms with Crippen molar-refractivity contribution < 1.29 is 18.0 Å². The van der Waals surface area contributed by atoms with E-state index < -0.39 is 12.1 Å². The SMILES string of the molecule is CN(C)c1nc(N)nc(CSCCCNC(=O)C(F)(F)F)n1. The van der Waals surface area contributed by atoms with Crippen LogP contribution in [0, 0.1) is 0 Å². The lowest BCUT2D eigenvalue weighted by Crippen LogP contribution is -2.37. The number of anilines is 2. The molecule has 1 aromatic rings. The number of carbonyl (C=O) groups is 1. The summed E-state index contributed by atoms with van der Waals surface area (Å²) >= 11 is 1.44. The van der Waals surface area contributed by atoms with Crippen molar-refractivity contribution in [2.45, 2.75) is 18.3 Å². The lowest BCUT2D eigenvalue weighted by Gasteiger charge is -2.11. The summed E-state index contributed by atoms with van der Waals surface area (Å²) < 4.78 is 35.8. The summed E-state index contributed by atoms with van der Waals surface area (Å²) in [4.78, 5) is 24.4. The lowest BCUT2D eigenvalue weighted by atomic mass is 10.4. The highest BCUT2D eigenvalue weighted by atomic mass is 32.2. The molecule has 0 aromatic carbocycles. The zero-order valence-corrected chi connectivity index (χ0v) is 13.0. The third kappa shape index (κ3) is 6.33. The standard InChI is InChI=1S/C11H17F3N6OS/c1-20(2)10-18-7(17-9(15)19-10)6-22-5-3-4-16-8(21)11(12,13)14/h3-6H2,1-2H3,(H,16,21)(H2,15,17,18,19). The highest BCUT2D eigenvalue weighted by Crippen LogP contribution is 2.15. The van der Waals surface area contributed by atoms with Crippen LogP contribution < -0.4 is 16.0 Å². The zero-order valence-electron chi connectivity index (χ0n) is 12.1. The Balaban J connectivity index is 2.29. The second-order valence-corrected chi connectivity index (χ2v) is 5.57. The summed E-state index contributed by atoms with van der Waals surface area (Å²) in [7, 11) is 3.55. The van der Waals surface area contributed by atoms with Crippen LogP contribution in [0.1, 0.15) is 12.2 Å². The zero-order chi connectivity index (χ0) is 16.8. The molecule has 1 rings (SSSR count). The summed E-state index contributed by atoms with van der Waals surface area (Å²) in [5.41, 5.74) is 5.57.